The third-order valence-electron chi connectivity index (χ3n) is 1.75. The van der Waals surface area contributed by atoms with Gasteiger partial charge in [0.1, 0.15) is 0 Å². The van der Waals surface area contributed by atoms with Crippen LogP contribution in [0.2, 0.25) is 0 Å². The van der Waals surface area contributed by atoms with Crippen LogP contribution in [0.15, 0.2) is 10.1 Å². The average molecular weight is 249 g/mol. The maximum Gasteiger partial charge on any atom is 0.334 e. The van der Waals surface area contributed by atoms with E-state index in [4.69, 9.17) is 4.74 Å². The van der Waals surface area contributed by atoms with E-state index in [9.17, 15) is 4.79 Å². The standard InChI is InChI=1S/C10H17BrO2/c1-7(2)5-6-13-10(12)8(3)9(4)11/h7H,5-6H2,1-4H3/b9-8-. The number of rotatable bonds is 4. The maximum absolute atomic E-state index is 11.3. The quantitative estimate of drug-likeness (QED) is 0.564. The van der Waals surface area contributed by atoms with Crippen LogP contribution in [-0.4, -0.2) is 12.6 Å². The molecule has 0 bridgehead atoms. The zero-order valence-electron chi connectivity index (χ0n) is 8.69. The minimum absolute atomic E-state index is 0.227. The van der Waals surface area contributed by atoms with E-state index in [2.05, 4.69) is 29.8 Å². The summed E-state index contributed by atoms with van der Waals surface area (Å²) in [6.07, 6.45) is 0.917. The summed E-state index contributed by atoms with van der Waals surface area (Å²) in [5.74, 6) is 0.345. The maximum atomic E-state index is 11.3. The first-order valence-electron chi connectivity index (χ1n) is 4.45. The van der Waals surface area contributed by atoms with Gasteiger partial charge in [0.2, 0.25) is 0 Å². The topological polar surface area (TPSA) is 26.3 Å². The molecule has 0 aliphatic heterocycles. The molecular weight excluding hydrogens is 232 g/mol. The van der Waals surface area contributed by atoms with Crippen molar-refractivity contribution in [1.29, 1.82) is 0 Å². The summed E-state index contributed by atoms with van der Waals surface area (Å²) in [4.78, 5) is 11.3. The Bertz CT molecular complexity index is 203. The Morgan fingerprint density at radius 1 is 1.38 bits per heavy atom. The fraction of sp³-hybridized carbons (Fsp3) is 0.700. The van der Waals surface area contributed by atoms with Crippen LogP contribution in [-0.2, 0) is 9.53 Å². The summed E-state index contributed by atoms with van der Waals surface area (Å²) in [5.41, 5.74) is 0.642. The van der Waals surface area contributed by atoms with E-state index in [-0.39, 0.29) is 5.97 Å². The molecule has 76 valence electrons. The van der Waals surface area contributed by atoms with Gasteiger partial charge in [-0.2, -0.15) is 0 Å². The van der Waals surface area contributed by atoms with Crippen molar-refractivity contribution in [3.05, 3.63) is 10.1 Å². The van der Waals surface area contributed by atoms with Crippen LogP contribution in [0, 0.1) is 5.92 Å². The molecule has 0 aromatic carbocycles. The molecule has 0 heterocycles. The highest BCUT2D eigenvalue weighted by Crippen LogP contribution is 2.12. The number of carbonyl (C=O) groups excluding carboxylic acids is 1. The molecular formula is C10H17BrO2. The number of carbonyl (C=O) groups is 1. The normalized spacial score (nSPS) is 12.8. The Balaban J connectivity index is 3.83. The molecule has 0 aliphatic carbocycles. The van der Waals surface area contributed by atoms with Crippen molar-refractivity contribution in [2.24, 2.45) is 5.92 Å². The third-order valence-corrected chi connectivity index (χ3v) is 2.35. The van der Waals surface area contributed by atoms with E-state index in [1.807, 2.05) is 6.92 Å². The molecule has 0 saturated carbocycles. The molecule has 0 aromatic rings. The number of ether oxygens (including phenoxy) is 1. The van der Waals surface area contributed by atoms with Crippen LogP contribution < -0.4 is 0 Å². The molecule has 0 fully saturated rings. The van der Waals surface area contributed by atoms with Crippen molar-refractivity contribution < 1.29 is 9.53 Å². The largest absolute Gasteiger partial charge is 0.462 e. The van der Waals surface area contributed by atoms with E-state index < -0.39 is 0 Å². The SMILES string of the molecule is C/C(Br)=C(\C)C(=O)OCCC(C)C. The van der Waals surface area contributed by atoms with Gasteiger partial charge in [-0.25, -0.2) is 4.79 Å². The molecule has 0 rings (SSSR count). The Morgan fingerprint density at radius 3 is 2.31 bits per heavy atom. The Labute approximate surface area is 88.5 Å². The van der Waals surface area contributed by atoms with Gasteiger partial charge < -0.3 is 4.74 Å². The lowest BCUT2D eigenvalue weighted by atomic mass is 10.1. The van der Waals surface area contributed by atoms with Crippen LogP contribution in [0.25, 0.3) is 0 Å². The van der Waals surface area contributed by atoms with E-state index in [0.29, 0.717) is 18.1 Å². The Morgan fingerprint density at radius 2 is 1.92 bits per heavy atom. The number of hydrogen-bond acceptors (Lipinski definition) is 2. The van der Waals surface area contributed by atoms with Crippen molar-refractivity contribution >= 4 is 21.9 Å². The predicted octanol–water partition coefficient (Wildman–Crippen LogP) is 3.26. The minimum atomic E-state index is -0.227. The van der Waals surface area contributed by atoms with E-state index in [1.165, 1.54) is 0 Å². The second-order valence-corrected chi connectivity index (χ2v) is 4.67. The van der Waals surface area contributed by atoms with Gasteiger partial charge >= 0.3 is 5.97 Å². The van der Waals surface area contributed by atoms with Crippen LogP contribution in [0.3, 0.4) is 0 Å². The monoisotopic (exact) mass is 248 g/mol. The van der Waals surface area contributed by atoms with Gasteiger partial charge in [0.15, 0.2) is 0 Å². The summed E-state index contributed by atoms with van der Waals surface area (Å²) >= 11 is 3.24. The molecule has 0 aliphatic rings. The van der Waals surface area contributed by atoms with Crippen LogP contribution >= 0.6 is 15.9 Å². The van der Waals surface area contributed by atoms with Crippen LogP contribution in [0.5, 0.6) is 0 Å². The van der Waals surface area contributed by atoms with Gasteiger partial charge in [0.25, 0.3) is 0 Å². The lowest BCUT2D eigenvalue weighted by Crippen LogP contribution is -2.09. The van der Waals surface area contributed by atoms with Crippen molar-refractivity contribution in [1.82, 2.24) is 0 Å². The van der Waals surface area contributed by atoms with Crippen molar-refractivity contribution in [3.63, 3.8) is 0 Å². The van der Waals surface area contributed by atoms with Gasteiger partial charge in [0.05, 0.1) is 6.61 Å². The fourth-order valence-electron chi connectivity index (χ4n) is 0.636. The first-order valence-corrected chi connectivity index (χ1v) is 5.24. The zero-order chi connectivity index (χ0) is 10.4. The average Bonchev–Trinajstić information content (AvgIpc) is 2.02. The van der Waals surface area contributed by atoms with Gasteiger partial charge in [-0.1, -0.05) is 29.8 Å². The first kappa shape index (κ1) is 12.7. The summed E-state index contributed by atoms with van der Waals surface area (Å²) < 4.78 is 5.88. The number of hydrogen-bond donors (Lipinski definition) is 0. The van der Waals surface area contributed by atoms with Gasteiger partial charge in [0, 0.05) is 10.1 Å². The molecule has 0 spiro atoms. The summed E-state index contributed by atoms with van der Waals surface area (Å²) in [6, 6.07) is 0. The van der Waals surface area contributed by atoms with E-state index >= 15 is 0 Å². The fourth-order valence-corrected chi connectivity index (χ4v) is 0.798. The highest BCUT2D eigenvalue weighted by atomic mass is 79.9. The molecule has 0 saturated heterocycles. The van der Waals surface area contributed by atoms with Crippen LogP contribution in [0.4, 0.5) is 0 Å². The zero-order valence-corrected chi connectivity index (χ0v) is 10.3. The second kappa shape index (κ2) is 6.19. The molecule has 0 atom stereocenters. The van der Waals surface area contributed by atoms with Gasteiger partial charge in [-0.15, -0.1) is 0 Å². The third kappa shape index (κ3) is 5.86. The van der Waals surface area contributed by atoms with E-state index in [0.717, 1.165) is 10.9 Å². The number of halogens is 1. The lowest BCUT2D eigenvalue weighted by Gasteiger charge is -2.07. The molecule has 0 unspecified atom stereocenters. The number of esters is 1. The molecule has 0 aromatic heterocycles. The highest BCUT2D eigenvalue weighted by Gasteiger charge is 2.07. The van der Waals surface area contributed by atoms with Gasteiger partial charge in [-0.05, 0) is 26.2 Å². The van der Waals surface area contributed by atoms with Crippen molar-refractivity contribution in [2.75, 3.05) is 6.61 Å². The smallest absolute Gasteiger partial charge is 0.334 e. The first-order chi connectivity index (χ1) is 5.95. The summed E-state index contributed by atoms with van der Waals surface area (Å²) in [6.45, 7) is 8.30. The minimum Gasteiger partial charge on any atom is -0.462 e. The van der Waals surface area contributed by atoms with Gasteiger partial charge in [-0.3, -0.25) is 0 Å². The molecule has 0 amide bonds. The Kier molecular flexibility index (Phi) is 6.04. The summed E-state index contributed by atoms with van der Waals surface area (Å²) in [7, 11) is 0. The molecule has 0 N–H and O–H groups in total. The van der Waals surface area contributed by atoms with Crippen molar-refractivity contribution in [3.8, 4) is 0 Å². The second-order valence-electron chi connectivity index (χ2n) is 3.48. The highest BCUT2D eigenvalue weighted by molar-refractivity contribution is 9.11. The molecule has 13 heavy (non-hydrogen) atoms. The molecule has 3 heteroatoms. The molecule has 0 radical (unpaired) electrons. The van der Waals surface area contributed by atoms with Crippen molar-refractivity contribution in [2.45, 2.75) is 34.1 Å². The van der Waals surface area contributed by atoms with E-state index in [1.54, 1.807) is 6.92 Å². The Hall–Kier alpha value is -0.310. The lowest BCUT2D eigenvalue weighted by molar-refractivity contribution is -0.139. The number of allylic oxidation sites excluding steroid dienone is 1. The molecule has 2 nitrogen and oxygen atoms in total. The summed E-state index contributed by atoms with van der Waals surface area (Å²) in [5, 5.41) is 0. The predicted molar refractivity (Wildman–Crippen MR) is 57.7 cm³/mol. The van der Waals surface area contributed by atoms with Crippen LogP contribution in [0.1, 0.15) is 34.1 Å².